The van der Waals surface area contributed by atoms with Gasteiger partial charge in [-0.05, 0) is 31.5 Å². The summed E-state index contributed by atoms with van der Waals surface area (Å²) >= 11 is 0. The Hall–Kier alpha value is -3.02. The molecule has 0 fully saturated rings. The van der Waals surface area contributed by atoms with Crippen LogP contribution in [0.3, 0.4) is 0 Å². The average molecular weight is 322 g/mol. The predicted octanol–water partition coefficient (Wildman–Crippen LogP) is 3.22. The van der Waals surface area contributed by atoms with Crippen LogP contribution in [0.25, 0.3) is 10.9 Å². The fourth-order valence-corrected chi connectivity index (χ4v) is 3.08. The molecule has 6 nitrogen and oxygen atoms in total. The molecule has 1 atom stereocenters. The van der Waals surface area contributed by atoms with Crippen molar-refractivity contribution in [3.8, 4) is 17.2 Å². The van der Waals surface area contributed by atoms with Gasteiger partial charge in [-0.15, -0.1) is 0 Å². The summed E-state index contributed by atoms with van der Waals surface area (Å²) in [6, 6.07) is 9.75. The molecular weight excluding hydrogens is 304 g/mol. The highest BCUT2D eigenvalue weighted by atomic mass is 16.5. The molecule has 122 valence electrons. The number of aryl methyl sites for hydroxylation is 1. The fourth-order valence-electron chi connectivity index (χ4n) is 3.08. The van der Waals surface area contributed by atoms with Crippen molar-refractivity contribution in [1.29, 1.82) is 0 Å². The van der Waals surface area contributed by atoms with E-state index in [1.54, 1.807) is 0 Å². The number of ether oxygens (including phenoxy) is 2. The smallest absolute Gasteiger partial charge is 0.222 e. The van der Waals surface area contributed by atoms with Crippen molar-refractivity contribution in [1.82, 2.24) is 9.97 Å². The van der Waals surface area contributed by atoms with E-state index in [9.17, 15) is 0 Å². The molecule has 1 aliphatic rings. The Morgan fingerprint density at radius 1 is 1.21 bits per heavy atom. The first kappa shape index (κ1) is 14.6. The molecule has 2 heterocycles. The topological polar surface area (TPSA) is 96.3 Å². The van der Waals surface area contributed by atoms with Gasteiger partial charge < -0.3 is 20.9 Å². The average Bonchev–Trinajstić information content (AvgIpc) is 2.88. The second-order valence-corrected chi connectivity index (χ2v) is 6.09. The molecule has 0 aliphatic carbocycles. The summed E-state index contributed by atoms with van der Waals surface area (Å²) in [6.45, 7) is 4.04. The van der Waals surface area contributed by atoms with Crippen molar-refractivity contribution < 1.29 is 9.47 Å². The standard InChI is InChI=1S/C18H18N4O2/c1-9-4-3-5-11(6-9)24-14-8-13-15(17(19)22-18(20)21-13)16-12(14)7-10(2)23-16/h3-6,8,10H,7H2,1-2H3,(H4,19,20,21,22). The summed E-state index contributed by atoms with van der Waals surface area (Å²) in [5.74, 6) is 2.63. The van der Waals surface area contributed by atoms with Crippen molar-refractivity contribution in [3.05, 3.63) is 41.5 Å². The molecule has 6 heteroatoms. The fraction of sp³-hybridized carbons (Fsp3) is 0.222. The Labute approximate surface area is 139 Å². The highest BCUT2D eigenvalue weighted by molar-refractivity contribution is 5.97. The minimum absolute atomic E-state index is 0.0439. The van der Waals surface area contributed by atoms with Crippen molar-refractivity contribution >= 4 is 22.7 Å². The molecule has 1 aliphatic heterocycles. The van der Waals surface area contributed by atoms with Crippen LogP contribution >= 0.6 is 0 Å². The summed E-state index contributed by atoms with van der Waals surface area (Å²) < 4.78 is 12.1. The van der Waals surface area contributed by atoms with Crippen LogP contribution in [0.4, 0.5) is 11.8 Å². The third-order valence-electron chi connectivity index (χ3n) is 4.08. The number of fused-ring (bicyclic) bond motifs is 3. The van der Waals surface area contributed by atoms with Gasteiger partial charge in [0, 0.05) is 18.1 Å². The number of benzene rings is 2. The minimum atomic E-state index is 0.0439. The van der Waals surface area contributed by atoms with Gasteiger partial charge in [-0.25, -0.2) is 4.98 Å². The molecule has 1 aromatic heterocycles. The van der Waals surface area contributed by atoms with E-state index in [0.717, 1.165) is 23.3 Å². The van der Waals surface area contributed by atoms with Crippen LogP contribution in [0.5, 0.6) is 17.2 Å². The van der Waals surface area contributed by atoms with E-state index in [4.69, 9.17) is 20.9 Å². The number of aromatic nitrogens is 2. The number of hydrogen-bond acceptors (Lipinski definition) is 6. The molecular formula is C18H18N4O2. The summed E-state index contributed by atoms with van der Waals surface area (Å²) in [4.78, 5) is 8.34. The molecule has 0 spiro atoms. The van der Waals surface area contributed by atoms with Crippen molar-refractivity contribution in [2.45, 2.75) is 26.4 Å². The highest BCUT2D eigenvalue weighted by Crippen LogP contribution is 2.45. The van der Waals surface area contributed by atoms with Crippen LogP contribution in [0.1, 0.15) is 18.1 Å². The van der Waals surface area contributed by atoms with E-state index < -0.39 is 0 Å². The molecule has 0 radical (unpaired) electrons. The zero-order chi connectivity index (χ0) is 16.8. The maximum Gasteiger partial charge on any atom is 0.222 e. The van der Waals surface area contributed by atoms with Gasteiger partial charge in [0.05, 0.1) is 10.9 Å². The Kier molecular flexibility index (Phi) is 3.19. The lowest BCUT2D eigenvalue weighted by Gasteiger charge is -2.13. The molecule has 0 amide bonds. The van der Waals surface area contributed by atoms with E-state index in [1.165, 1.54) is 0 Å². The Bertz CT molecular complexity index is 955. The zero-order valence-corrected chi connectivity index (χ0v) is 13.5. The molecule has 3 aromatic rings. The SMILES string of the molecule is Cc1cccc(Oc2cc3nc(N)nc(N)c3c3c2CC(C)O3)c1. The van der Waals surface area contributed by atoms with E-state index >= 15 is 0 Å². The van der Waals surface area contributed by atoms with Crippen LogP contribution < -0.4 is 20.9 Å². The number of anilines is 2. The summed E-state index contributed by atoms with van der Waals surface area (Å²) in [7, 11) is 0. The van der Waals surface area contributed by atoms with Gasteiger partial charge in [0.1, 0.15) is 29.2 Å². The lowest BCUT2D eigenvalue weighted by molar-refractivity contribution is 0.257. The van der Waals surface area contributed by atoms with Crippen molar-refractivity contribution in [2.24, 2.45) is 0 Å². The lowest BCUT2D eigenvalue weighted by Crippen LogP contribution is -2.06. The van der Waals surface area contributed by atoms with Crippen LogP contribution in [-0.4, -0.2) is 16.1 Å². The maximum atomic E-state index is 6.12. The third kappa shape index (κ3) is 2.36. The molecule has 0 bridgehead atoms. The number of nitrogens with zero attached hydrogens (tertiary/aromatic N) is 2. The molecule has 0 saturated heterocycles. The van der Waals surface area contributed by atoms with E-state index in [-0.39, 0.29) is 12.1 Å². The molecule has 1 unspecified atom stereocenters. The largest absolute Gasteiger partial charge is 0.489 e. The Morgan fingerprint density at radius 3 is 2.83 bits per heavy atom. The zero-order valence-electron chi connectivity index (χ0n) is 13.5. The number of rotatable bonds is 2. The van der Waals surface area contributed by atoms with E-state index in [0.29, 0.717) is 28.2 Å². The number of hydrogen-bond donors (Lipinski definition) is 2. The molecule has 24 heavy (non-hydrogen) atoms. The van der Waals surface area contributed by atoms with Gasteiger partial charge >= 0.3 is 0 Å². The maximum absolute atomic E-state index is 6.12. The van der Waals surface area contributed by atoms with Crippen molar-refractivity contribution in [2.75, 3.05) is 11.5 Å². The predicted molar refractivity (Wildman–Crippen MR) is 93.4 cm³/mol. The first-order valence-electron chi connectivity index (χ1n) is 7.81. The summed E-state index contributed by atoms with van der Waals surface area (Å²) in [5, 5.41) is 0.695. The van der Waals surface area contributed by atoms with Gasteiger partial charge in [-0.1, -0.05) is 12.1 Å². The monoisotopic (exact) mass is 322 g/mol. The molecule has 4 rings (SSSR count). The van der Waals surface area contributed by atoms with Crippen LogP contribution in [0.15, 0.2) is 30.3 Å². The number of nitrogens with two attached hydrogens (primary N) is 2. The highest BCUT2D eigenvalue weighted by Gasteiger charge is 2.28. The van der Waals surface area contributed by atoms with Gasteiger partial charge in [0.2, 0.25) is 5.95 Å². The van der Waals surface area contributed by atoms with Crippen molar-refractivity contribution in [3.63, 3.8) is 0 Å². The van der Waals surface area contributed by atoms with Crippen LogP contribution in [-0.2, 0) is 6.42 Å². The second-order valence-electron chi connectivity index (χ2n) is 6.09. The first-order valence-corrected chi connectivity index (χ1v) is 7.81. The Balaban J connectivity index is 1.91. The van der Waals surface area contributed by atoms with Gasteiger partial charge in [0.25, 0.3) is 0 Å². The summed E-state index contributed by atoms with van der Waals surface area (Å²) in [6.07, 6.45) is 0.790. The van der Waals surface area contributed by atoms with Gasteiger partial charge in [0.15, 0.2) is 0 Å². The van der Waals surface area contributed by atoms with Gasteiger partial charge in [-0.2, -0.15) is 4.98 Å². The summed E-state index contributed by atoms with van der Waals surface area (Å²) in [5.41, 5.74) is 14.5. The molecule has 4 N–H and O–H groups in total. The quantitative estimate of drug-likeness (QED) is 0.752. The molecule has 0 saturated carbocycles. The molecule has 2 aromatic carbocycles. The second kappa shape index (κ2) is 5.26. The van der Waals surface area contributed by atoms with Gasteiger partial charge in [-0.3, -0.25) is 0 Å². The van der Waals surface area contributed by atoms with Crippen LogP contribution in [0.2, 0.25) is 0 Å². The van der Waals surface area contributed by atoms with Crippen LogP contribution in [0, 0.1) is 6.92 Å². The normalized spacial score (nSPS) is 16.0. The first-order chi connectivity index (χ1) is 11.5. The third-order valence-corrected chi connectivity index (χ3v) is 4.08. The lowest BCUT2D eigenvalue weighted by atomic mass is 10.1. The van der Waals surface area contributed by atoms with E-state index in [1.807, 2.05) is 44.2 Å². The Morgan fingerprint density at radius 2 is 2.04 bits per heavy atom. The minimum Gasteiger partial charge on any atom is -0.489 e. The number of nitrogen functional groups attached to an aromatic ring is 2. The van der Waals surface area contributed by atoms with E-state index in [2.05, 4.69) is 9.97 Å².